The van der Waals surface area contributed by atoms with Crippen molar-refractivity contribution in [3.8, 4) is 0 Å². The van der Waals surface area contributed by atoms with Crippen LogP contribution in [0.2, 0.25) is 0 Å². The average Bonchev–Trinajstić information content (AvgIpc) is 2.61. The second-order valence-corrected chi connectivity index (χ2v) is 5.80. The summed E-state index contributed by atoms with van der Waals surface area (Å²) in [5.74, 6) is 0. The Balaban J connectivity index is 1.44. The van der Waals surface area contributed by atoms with Gasteiger partial charge in [0.1, 0.15) is 0 Å². The van der Waals surface area contributed by atoms with E-state index in [1.807, 2.05) is 12.1 Å². The van der Waals surface area contributed by atoms with Gasteiger partial charge in [-0.15, -0.1) is 0 Å². The lowest BCUT2D eigenvalue weighted by molar-refractivity contribution is 0.167. The molecule has 4 nitrogen and oxygen atoms in total. The van der Waals surface area contributed by atoms with Crippen LogP contribution >= 0.6 is 0 Å². The third kappa shape index (κ3) is 3.84. The molecule has 0 aliphatic carbocycles. The summed E-state index contributed by atoms with van der Waals surface area (Å²) >= 11 is 0. The lowest BCUT2D eigenvalue weighted by atomic mass is 10.0. The van der Waals surface area contributed by atoms with E-state index in [1.165, 1.54) is 5.69 Å². The standard InChI is InChI=1S/C18H23N3O/c22-18(15-6-10-19-11-7-15)14-20-16-8-12-21(13-9-16)17-4-2-1-3-5-17/h1-7,10-11,16,18,20,22H,8-9,12-14H2. The van der Waals surface area contributed by atoms with Gasteiger partial charge >= 0.3 is 0 Å². The van der Waals surface area contributed by atoms with E-state index < -0.39 is 6.10 Å². The number of aromatic nitrogens is 1. The highest BCUT2D eigenvalue weighted by atomic mass is 16.3. The maximum Gasteiger partial charge on any atom is 0.0915 e. The fourth-order valence-electron chi connectivity index (χ4n) is 2.96. The van der Waals surface area contributed by atoms with Crippen LogP contribution in [0.3, 0.4) is 0 Å². The highest BCUT2D eigenvalue weighted by Gasteiger charge is 2.19. The summed E-state index contributed by atoms with van der Waals surface area (Å²) in [7, 11) is 0. The van der Waals surface area contributed by atoms with Crippen LogP contribution in [-0.2, 0) is 0 Å². The van der Waals surface area contributed by atoms with Crippen LogP contribution in [0.15, 0.2) is 54.9 Å². The van der Waals surface area contributed by atoms with Crippen molar-refractivity contribution in [2.75, 3.05) is 24.5 Å². The summed E-state index contributed by atoms with van der Waals surface area (Å²) in [4.78, 5) is 6.41. The van der Waals surface area contributed by atoms with Gasteiger partial charge in [0.15, 0.2) is 0 Å². The first-order chi connectivity index (χ1) is 10.8. The summed E-state index contributed by atoms with van der Waals surface area (Å²) in [5, 5.41) is 13.7. The minimum atomic E-state index is -0.463. The number of nitrogens with one attached hydrogen (secondary N) is 1. The van der Waals surface area contributed by atoms with Crippen molar-refractivity contribution < 1.29 is 5.11 Å². The van der Waals surface area contributed by atoms with Crippen LogP contribution in [0.4, 0.5) is 5.69 Å². The van der Waals surface area contributed by atoms with Crippen LogP contribution in [0.25, 0.3) is 0 Å². The van der Waals surface area contributed by atoms with Crippen molar-refractivity contribution >= 4 is 5.69 Å². The third-order valence-corrected chi connectivity index (χ3v) is 4.31. The van der Waals surface area contributed by atoms with Crippen LogP contribution in [-0.4, -0.2) is 35.8 Å². The molecule has 1 aromatic carbocycles. The van der Waals surface area contributed by atoms with Crippen LogP contribution < -0.4 is 10.2 Å². The molecule has 0 amide bonds. The van der Waals surface area contributed by atoms with Gasteiger partial charge in [0.2, 0.25) is 0 Å². The Morgan fingerprint density at radius 2 is 1.77 bits per heavy atom. The number of nitrogens with zero attached hydrogens (tertiary/aromatic N) is 2. The van der Waals surface area contributed by atoms with Crippen LogP contribution in [0.5, 0.6) is 0 Å². The second kappa shape index (κ2) is 7.38. The van der Waals surface area contributed by atoms with Crippen LogP contribution in [0.1, 0.15) is 24.5 Å². The molecule has 2 heterocycles. The van der Waals surface area contributed by atoms with Gasteiger partial charge in [-0.1, -0.05) is 18.2 Å². The van der Waals surface area contributed by atoms with Gasteiger partial charge in [-0.3, -0.25) is 4.98 Å². The number of pyridine rings is 1. The van der Waals surface area contributed by atoms with Gasteiger partial charge in [0.25, 0.3) is 0 Å². The number of aliphatic hydroxyl groups is 1. The highest BCUT2D eigenvalue weighted by molar-refractivity contribution is 5.46. The summed E-state index contributed by atoms with van der Waals surface area (Å²) in [5.41, 5.74) is 2.22. The molecule has 0 radical (unpaired) electrons. The van der Waals surface area contributed by atoms with Crippen molar-refractivity contribution in [3.05, 3.63) is 60.4 Å². The molecule has 4 heteroatoms. The van der Waals surface area contributed by atoms with E-state index in [0.717, 1.165) is 31.5 Å². The molecular weight excluding hydrogens is 274 g/mol. The molecule has 0 spiro atoms. The number of hydrogen-bond acceptors (Lipinski definition) is 4. The van der Waals surface area contributed by atoms with Crippen molar-refractivity contribution in [1.29, 1.82) is 0 Å². The minimum Gasteiger partial charge on any atom is -0.387 e. The molecule has 1 atom stereocenters. The molecule has 2 N–H and O–H groups in total. The number of hydrogen-bond donors (Lipinski definition) is 2. The summed E-state index contributed by atoms with van der Waals surface area (Å²) in [6.07, 6.45) is 5.19. The normalized spacial score (nSPS) is 17.4. The predicted octanol–water partition coefficient (Wildman–Crippen LogP) is 2.37. The van der Waals surface area contributed by atoms with Crippen molar-refractivity contribution in [1.82, 2.24) is 10.3 Å². The van der Waals surface area contributed by atoms with Crippen molar-refractivity contribution in [2.45, 2.75) is 25.0 Å². The molecular formula is C18H23N3O. The molecule has 0 saturated carbocycles. The smallest absolute Gasteiger partial charge is 0.0915 e. The zero-order valence-corrected chi connectivity index (χ0v) is 12.7. The lowest BCUT2D eigenvalue weighted by Crippen LogP contribution is -2.43. The molecule has 1 aromatic heterocycles. The lowest BCUT2D eigenvalue weighted by Gasteiger charge is -2.34. The Bertz CT molecular complexity index is 553. The Morgan fingerprint density at radius 1 is 1.09 bits per heavy atom. The van der Waals surface area contributed by atoms with Gasteiger partial charge in [-0.2, -0.15) is 0 Å². The molecule has 3 rings (SSSR count). The van der Waals surface area contributed by atoms with E-state index >= 15 is 0 Å². The van der Waals surface area contributed by atoms with E-state index in [4.69, 9.17) is 0 Å². The maximum absolute atomic E-state index is 10.2. The monoisotopic (exact) mass is 297 g/mol. The Hall–Kier alpha value is -1.91. The zero-order chi connectivity index (χ0) is 15.2. The van der Waals surface area contributed by atoms with Crippen LogP contribution in [0, 0.1) is 0 Å². The quantitative estimate of drug-likeness (QED) is 0.889. The van der Waals surface area contributed by atoms with E-state index in [2.05, 4.69) is 45.5 Å². The van der Waals surface area contributed by atoms with Gasteiger partial charge < -0.3 is 15.3 Å². The number of para-hydroxylation sites is 1. The first kappa shape index (κ1) is 15.0. The Morgan fingerprint density at radius 3 is 2.45 bits per heavy atom. The van der Waals surface area contributed by atoms with Gasteiger partial charge in [-0.25, -0.2) is 0 Å². The molecule has 1 saturated heterocycles. The third-order valence-electron chi connectivity index (χ3n) is 4.31. The fraction of sp³-hybridized carbons (Fsp3) is 0.389. The molecule has 22 heavy (non-hydrogen) atoms. The van der Waals surface area contributed by atoms with Crippen molar-refractivity contribution in [2.24, 2.45) is 0 Å². The summed E-state index contributed by atoms with van der Waals surface area (Å²) < 4.78 is 0. The molecule has 1 aliphatic rings. The van der Waals surface area contributed by atoms with Gasteiger partial charge in [0, 0.05) is 43.8 Å². The zero-order valence-electron chi connectivity index (χ0n) is 12.7. The molecule has 1 fully saturated rings. The molecule has 1 unspecified atom stereocenters. The highest BCUT2D eigenvalue weighted by Crippen LogP contribution is 2.20. The molecule has 116 valence electrons. The van der Waals surface area contributed by atoms with Gasteiger partial charge in [0.05, 0.1) is 6.10 Å². The fourth-order valence-corrected chi connectivity index (χ4v) is 2.96. The number of benzene rings is 1. The Labute approximate surface area is 131 Å². The van der Waals surface area contributed by atoms with E-state index in [0.29, 0.717) is 12.6 Å². The topological polar surface area (TPSA) is 48.4 Å². The average molecular weight is 297 g/mol. The SMILES string of the molecule is OC(CNC1CCN(c2ccccc2)CC1)c1ccncc1. The maximum atomic E-state index is 10.2. The number of aliphatic hydroxyl groups excluding tert-OH is 1. The summed E-state index contributed by atoms with van der Waals surface area (Å²) in [6, 6.07) is 14.8. The first-order valence-electron chi connectivity index (χ1n) is 7.94. The minimum absolute atomic E-state index is 0.463. The number of piperidine rings is 1. The second-order valence-electron chi connectivity index (χ2n) is 5.80. The summed E-state index contributed by atoms with van der Waals surface area (Å²) in [6.45, 7) is 2.72. The largest absolute Gasteiger partial charge is 0.387 e. The molecule has 1 aliphatic heterocycles. The Kier molecular flexibility index (Phi) is 5.03. The number of rotatable bonds is 5. The van der Waals surface area contributed by atoms with Gasteiger partial charge in [-0.05, 0) is 42.7 Å². The van der Waals surface area contributed by atoms with Crippen molar-refractivity contribution in [3.63, 3.8) is 0 Å². The molecule has 0 bridgehead atoms. The first-order valence-corrected chi connectivity index (χ1v) is 7.94. The van der Waals surface area contributed by atoms with E-state index in [-0.39, 0.29) is 0 Å². The van der Waals surface area contributed by atoms with E-state index in [9.17, 15) is 5.11 Å². The van der Waals surface area contributed by atoms with E-state index in [1.54, 1.807) is 12.4 Å². The predicted molar refractivity (Wildman–Crippen MR) is 88.9 cm³/mol. The molecule has 2 aromatic rings. The number of anilines is 1.